The average molecular weight is 307 g/mol. The van der Waals surface area contributed by atoms with E-state index in [0.29, 0.717) is 14.2 Å². The van der Waals surface area contributed by atoms with Gasteiger partial charge in [-0.25, -0.2) is 0 Å². The smallest absolute Gasteiger partial charge is 0.256 e. The van der Waals surface area contributed by atoms with E-state index in [1.54, 1.807) is 6.07 Å². The highest BCUT2D eigenvalue weighted by molar-refractivity contribution is 7.20. The summed E-state index contributed by atoms with van der Waals surface area (Å²) in [5.74, 6) is -0.00120. The van der Waals surface area contributed by atoms with Crippen molar-refractivity contribution in [2.24, 2.45) is 0 Å². The predicted molar refractivity (Wildman–Crippen MR) is 76.9 cm³/mol. The van der Waals surface area contributed by atoms with Crippen LogP contribution in [0.5, 0.6) is 0 Å². The zero-order chi connectivity index (χ0) is 13.1. The largest absolute Gasteiger partial charge is 0.334 e. The highest BCUT2D eigenvalue weighted by Crippen LogP contribution is 2.32. The van der Waals surface area contributed by atoms with Gasteiger partial charge in [0.05, 0.1) is 9.90 Å². The number of rotatable bonds is 4. The minimum atomic E-state index is -0.00120. The predicted octanol–water partition coefficient (Wildman–Crippen LogP) is 3.27. The van der Waals surface area contributed by atoms with Crippen molar-refractivity contribution in [1.29, 1.82) is 0 Å². The monoisotopic (exact) mass is 306 g/mol. The molecule has 1 aromatic heterocycles. The Labute approximate surface area is 121 Å². The van der Waals surface area contributed by atoms with Crippen LogP contribution in [0.4, 0.5) is 0 Å². The number of amides is 1. The van der Waals surface area contributed by atoms with E-state index in [1.807, 2.05) is 4.90 Å². The van der Waals surface area contributed by atoms with Crippen LogP contribution < -0.4 is 5.32 Å². The maximum Gasteiger partial charge on any atom is 0.256 e. The van der Waals surface area contributed by atoms with Crippen LogP contribution in [0.1, 0.15) is 30.1 Å². The molecule has 18 heavy (non-hydrogen) atoms. The van der Waals surface area contributed by atoms with Gasteiger partial charge in [0.1, 0.15) is 4.34 Å². The van der Waals surface area contributed by atoms with Crippen LogP contribution in [-0.2, 0) is 0 Å². The Kier molecular flexibility index (Phi) is 4.90. The summed E-state index contributed by atoms with van der Waals surface area (Å²) in [5.41, 5.74) is 0.534. The first-order valence-electron chi connectivity index (χ1n) is 6.10. The Bertz CT molecular complexity index is 430. The maximum absolute atomic E-state index is 12.5. The summed E-state index contributed by atoms with van der Waals surface area (Å²) in [6.45, 7) is 4.66. The summed E-state index contributed by atoms with van der Waals surface area (Å²) < 4.78 is 1.04. The molecule has 0 radical (unpaired) electrons. The van der Waals surface area contributed by atoms with Crippen LogP contribution in [0.15, 0.2) is 6.07 Å². The van der Waals surface area contributed by atoms with Crippen LogP contribution >= 0.6 is 34.5 Å². The standard InChI is InChI=1S/C12H16Cl2N2OS/c1-2-5-16(8-3-4-15-7-8)12(17)9-6-10(13)18-11(9)14/h6,8,15H,2-5,7H2,1H3. The van der Waals surface area contributed by atoms with Gasteiger partial charge in [-0.05, 0) is 25.5 Å². The molecular weight excluding hydrogens is 291 g/mol. The SMILES string of the molecule is CCCN(C(=O)c1cc(Cl)sc1Cl)C1CCNC1. The van der Waals surface area contributed by atoms with Gasteiger partial charge in [0, 0.05) is 19.1 Å². The van der Waals surface area contributed by atoms with Crippen LogP contribution in [0, 0.1) is 0 Å². The second-order valence-corrected chi connectivity index (χ2v) is 6.67. The zero-order valence-electron chi connectivity index (χ0n) is 10.2. The highest BCUT2D eigenvalue weighted by Gasteiger charge is 2.28. The number of nitrogens with zero attached hydrogens (tertiary/aromatic N) is 1. The molecule has 1 aliphatic rings. The van der Waals surface area contributed by atoms with Gasteiger partial charge >= 0.3 is 0 Å². The molecule has 0 spiro atoms. The Hall–Kier alpha value is -0.290. The normalized spacial score (nSPS) is 19.2. The van der Waals surface area contributed by atoms with Gasteiger partial charge in [0.15, 0.2) is 0 Å². The fourth-order valence-corrected chi connectivity index (χ4v) is 3.69. The van der Waals surface area contributed by atoms with Crippen molar-refractivity contribution >= 4 is 40.4 Å². The van der Waals surface area contributed by atoms with Crippen molar-refractivity contribution < 1.29 is 4.79 Å². The minimum Gasteiger partial charge on any atom is -0.334 e. The number of hydrogen-bond acceptors (Lipinski definition) is 3. The first-order chi connectivity index (χ1) is 8.63. The fourth-order valence-electron chi connectivity index (χ4n) is 2.24. The first kappa shape index (κ1) is 14.1. The van der Waals surface area contributed by atoms with Crippen molar-refractivity contribution in [2.75, 3.05) is 19.6 Å². The average Bonchev–Trinajstić information content (AvgIpc) is 2.95. The summed E-state index contributed by atoms with van der Waals surface area (Å²) in [4.78, 5) is 14.4. The second-order valence-electron chi connectivity index (χ2n) is 4.38. The van der Waals surface area contributed by atoms with Gasteiger partial charge in [0.25, 0.3) is 5.91 Å². The number of thiophene rings is 1. The summed E-state index contributed by atoms with van der Waals surface area (Å²) in [6, 6.07) is 1.94. The molecule has 1 fully saturated rings. The lowest BCUT2D eigenvalue weighted by Gasteiger charge is -2.28. The summed E-state index contributed by atoms with van der Waals surface area (Å²) in [5, 5.41) is 3.29. The fraction of sp³-hybridized carbons (Fsp3) is 0.583. The summed E-state index contributed by atoms with van der Waals surface area (Å²) >= 11 is 13.2. The lowest BCUT2D eigenvalue weighted by molar-refractivity contribution is 0.0693. The molecule has 0 aromatic carbocycles. The van der Waals surface area contributed by atoms with E-state index in [0.717, 1.165) is 32.5 Å². The molecule has 0 aliphatic carbocycles. The molecule has 2 heterocycles. The number of hydrogen-bond donors (Lipinski definition) is 1. The van der Waals surface area contributed by atoms with E-state index >= 15 is 0 Å². The van der Waals surface area contributed by atoms with Crippen molar-refractivity contribution in [3.63, 3.8) is 0 Å². The Balaban J connectivity index is 2.19. The van der Waals surface area contributed by atoms with Crippen molar-refractivity contribution in [3.05, 3.63) is 20.3 Å². The van der Waals surface area contributed by atoms with Gasteiger partial charge in [-0.15, -0.1) is 11.3 Å². The molecule has 1 aliphatic heterocycles. The van der Waals surface area contributed by atoms with Crippen LogP contribution in [0.3, 0.4) is 0 Å². The number of halogens is 2. The molecule has 3 nitrogen and oxygen atoms in total. The van der Waals surface area contributed by atoms with E-state index in [1.165, 1.54) is 11.3 Å². The molecule has 1 unspecified atom stereocenters. The van der Waals surface area contributed by atoms with Crippen molar-refractivity contribution in [3.8, 4) is 0 Å². The second kappa shape index (κ2) is 6.24. The van der Waals surface area contributed by atoms with E-state index in [4.69, 9.17) is 23.2 Å². The van der Waals surface area contributed by atoms with Crippen LogP contribution in [-0.4, -0.2) is 36.5 Å². The van der Waals surface area contributed by atoms with Crippen LogP contribution in [0.2, 0.25) is 8.67 Å². The Morgan fingerprint density at radius 1 is 1.61 bits per heavy atom. The molecule has 0 bridgehead atoms. The maximum atomic E-state index is 12.5. The van der Waals surface area contributed by atoms with Gasteiger partial charge in [-0.3, -0.25) is 4.79 Å². The molecule has 2 rings (SSSR count). The zero-order valence-corrected chi connectivity index (χ0v) is 12.5. The lowest BCUT2D eigenvalue weighted by Crippen LogP contribution is -2.42. The summed E-state index contributed by atoms with van der Waals surface area (Å²) in [7, 11) is 0. The molecule has 1 saturated heterocycles. The van der Waals surface area contributed by atoms with Gasteiger partial charge in [-0.1, -0.05) is 30.1 Å². The molecule has 100 valence electrons. The third-order valence-electron chi connectivity index (χ3n) is 3.09. The van der Waals surface area contributed by atoms with Gasteiger partial charge < -0.3 is 10.2 Å². The van der Waals surface area contributed by atoms with E-state index < -0.39 is 0 Å². The molecule has 1 amide bonds. The molecular formula is C12H16Cl2N2OS. The first-order valence-corrected chi connectivity index (χ1v) is 7.67. The van der Waals surface area contributed by atoms with Gasteiger partial charge in [-0.2, -0.15) is 0 Å². The quantitative estimate of drug-likeness (QED) is 0.926. The third kappa shape index (κ3) is 2.99. The van der Waals surface area contributed by atoms with Gasteiger partial charge in [0.2, 0.25) is 0 Å². The van der Waals surface area contributed by atoms with E-state index in [-0.39, 0.29) is 11.9 Å². The number of nitrogens with one attached hydrogen (secondary N) is 1. The molecule has 1 aromatic rings. The minimum absolute atomic E-state index is 0.00120. The molecule has 0 saturated carbocycles. The third-order valence-corrected chi connectivity index (χ3v) is 4.58. The Morgan fingerprint density at radius 3 is 2.89 bits per heavy atom. The van der Waals surface area contributed by atoms with E-state index in [9.17, 15) is 4.79 Å². The van der Waals surface area contributed by atoms with Crippen molar-refractivity contribution in [1.82, 2.24) is 10.2 Å². The topological polar surface area (TPSA) is 32.3 Å². The van der Waals surface area contributed by atoms with Crippen LogP contribution in [0.25, 0.3) is 0 Å². The molecule has 1 atom stereocenters. The number of carbonyl (C=O) groups is 1. The molecule has 1 N–H and O–H groups in total. The highest BCUT2D eigenvalue weighted by atomic mass is 35.5. The summed E-state index contributed by atoms with van der Waals surface area (Å²) in [6.07, 6.45) is 1.94. The Morgan fingerprint density at radius 2 is 2.39 bits per heavy atom. The van der Waals surface area contributed by atoms with E-state index in [2.05, 4.69) is 12.2 Å². The molecule has 6 heteroatoms. The van der Waals surface area contributed by atoms with Crippen molar-refractivity contribution in [2.45, 2.75) is 25.8 Å². The number of carbonyl (C=O) groups excluding carboxylic acids is 1. The lowest BCUT2D eigenvalue weighted by atomic mass is 10.1.